The Morgan fingerprint density at radius 1 is 0.554 bits per heavy atom. The maximum atomic E-state index is 12.8. The van der Waals surface area contributed by atoms with E-state index < -0.39 is 87.9 Å². The molecule has 0 aromatic carbocycles. The molecule has 16 heteroatoms. The summed E-state index contributed by atoms with van der Waals surface area (Å²) >= 11 is 0. The molecule has 3 unspecified atom stereocenters. The van der Waals surface area contributed by atoms with Crippen LogP contribution in [0.15, 0.2) is 109 Å². The zero-order valence-corrected chi connectivity index (χ0v) is 39.1. The quantitative estimate of drug-likeness (QED) is 0.0107. The Morgan fingerprint density at radius 2 is 1.03 bits per heavy atom. The van der Waals surface area contributed by atoms with Crippen LogP contribution in [0.25, 0.3) is 0 Å². The summed E-state index contributed by atoms with van der Waals surface area (Å²) in [5.41, 5.74) is 0. The van der Waals surface area contributed by atoms with E-state index >= 15 is 0 Å². The number of unbranched alkanes of at least 4 members (excludes halogenated alkanes) is 5. The molecule has 0 aromatic rings. The lowest BCUT2D eigenvalue weighted by Gasteiger charge is -2.41. The van der Waals surface area contributed by atoms with Gasteiger partial charge in [-0.05, 0) is 70.6 Å². The van der Waals surface area contributed by atoms with Crippen molar-refractivity contribution in [2.45, 2.75) is 172 Å². The number of hydrogen-bond donors (Lipinski definition) is 8. The van der Waals surface area contributed by atoms with Gasteiger partial charge in [0, 0.05) is 12.8 Å². The second-order valence-electron chi connectivity index (χ2n) is 15.5. The average Bonchev–Trinajstić information content (AvgIpc) is 3.28. The van der Waals surface area contributed by atoms with Crippen LogP contribution in [0.5, 0.6) is 0 Å². The molecule has 0 amide bonds. The van der Waals surface area contributed by atoms with Gasteiger partial charge < -0.3 is 50.1 Å². The van der Waals surface area contributed by atoms with Crippen LogP contribution in [0, 0.1) is 0 Å². The lowest BCUT2D eigenvalue weighted by molar-refractivity contribution is -0.220. The Kier molecular flexibility index (Phi) is 34.3. The molecule has 368 valence electrons. The molecule has 65 heavy (non-hydrogen) atoms. The number of allylic oxidation sites excluding steroid dienone is 14. The highest BCUT2D eigenvalue weighted by atomic mass is 31.2. The third kappa shape index (κ3) is 30.4. The van der Waals surface area contributed by atoms with Gasteiger partial charge in [0.2, 0.25) is 0 Å². The summed E-state index contributed by atoms with van der Waals surface area (Å²) in [6, 6.07) is 0. The van der Waals surface area contributed by atoms with Crippen LogP contribution in [0.3, 0.4) is 0 Å². The molecule has 8 N–H and O–H groups in total. The number of aliphatic hydroxyl groups is 7. The topological polar surface area (TPSA) is 250 Å². The predicted octanol–water partition coefficient (Wildman–Crippen LogP) is 6.77. The Morgan fingerprint density at radius 3 is 1.63 bits per heavy atom. The third-order valence-electron chi connectivity index (χ3n) is 9.79. The summed E-state index contributed by atoms with van der Waals surface area (Å²) in [6.07, 6.45) is 30.6. The van der Waals surface area contributed by atoms with Gasteiger partial charge in [0.1, 0.15) is 43.2 Å². The maximum Gasteiger partial charge on any atom is 0.472 e. The van der Waals surface area contributed by atoms with E-state index in [0.29, 0.717) is 25.7 Å². The molecular weight excluding hydrogens is 859 g/mol. The van der Waals surface area contributed by atoms with E-state index in [1.165, 1.54) is 0 Å². The molecule has 1 rings (SSSR count). The fraction of sp³-hybridized carbons (Fsp3) is 0.592. The molecule has 0 spiro atoms. The van der Waals surface area contributed by atoms with E-state index in [4.69, 9.17) is 18.5 Å². The Balaban J connectivity index is 2.59. The molecule has 15 nitrogen and oxygen atoms in total. The lowest BCUT2D eigenvalue weighted by Crippen LogP contribution is -2.64. The van der Waals surface area contributed by atoms with Gasteiger partial charge in [-0.2, -0.15) is 0 Å². The Bertz CT molecular complexity index is 1580. The van der Waals surface area contributed by atoms with Crippen molar-refractivity contribution in [3.05, 3.63) is 109 Å². The van der Waals surface area contributed by atoms with Gasteiger partial charge in [0.05, 0.1) is 18.8 Å². The van der Waals surface area contributed by atoms with Crippen LogP contribution >= 0.6 is 7.82 Å². The highest BCUT2D eigenvalue weighted by molar-refractivity contribution is 7.47. The van der Waals surface area contributed by atoms with Crippen LogP contribution in [0.1, 0.15) is 117 Å². The Labute approximate surface area is 386 Å². The highest BCUT2D eigenvalue weighted by Gasteiger charge is 2.51. The standard InChI is InChI=1S/C49H77O15P/c1-3-5-7-8-9-10-11-12-13-14-15-16-17-21-29-35-42(52)61-37-41(38-62-65(59,60)64-49-47(57)45(55)44(54)46(56)48(49)58)63-43(53)36-30-22-19-18-20-26-32-40(51)34-28-24-23-27-33-39(50)31-25-6-4-2/h5-7,9-10,12-13,19-20,22-28,33-34,39-41,44-51,54-58H,3-4,8,11,14-18,21,29-32,35-38H2,1-2H3,(H,59,60)/b7-5-,10-9-,13-12-,22-19-,24-23-,25-6-,26-20-,33-27+,34-28+/t39-,40+,41+,44?,45-,46+,47+,48+,49?/m0/s1. The number of carbonyl (C=O) groups is 2. The van der Waals surface area contributed by atoms with Gasteiger partial charge in [-0.1, -0.05) is 142 Å². The van der Waals surface area contributed by atoms with E-state index in [1.807, 2.05) is 37.3 Å². The van der Waals surface area contributed by atoms with Crippen molar-refractivity contribution < 1.29 is 73.3 Å². The molecule has 0 heterocycles. The van der Waals surface area contributed by atoms with Crippen molar-refractivity contribution in [3.8, 4) is 0 Å². The third-order valence-corrected chi connectivity index (χ3v) is 10.8. The molecule has 1 aliphatic rings. The number of rotatable bonds is 35. The Hall–Kier alpha value is -3.57. The molecule has 0 bridgehead atoms. The minimum absolute atomic E-state index is 0.0959. The number of carbonyl (C=O) groups excluding carboxylic acids is 2. The molecule has 10 atom stereocenters. The number of hydrogen-bond acceptors (Lipinski definition) is 14. The summed E-state index contributed by atoms with van der Waals surface area (Å²) in [5.74, 6) is -1.30. The first-order valence-electron chi connectivity index (χ1n) is 22.9. The minimum Gasteiger partial charge on any atom is -0.462 e. The first-order valence-corrected chi connectivity index (χ1v) is 24.4. The van der Waals surface area contributed by atoms with Crippen LogP contribution in [0.4, 0.5) is 0 Å². The zero-order valence-electron chi connectivity index (χ0n) is 38.2. The van der Waals surface area contributed by atoms with Crippen molar-refractivity contribution in [2.24, 2.45) is 0 Å². The number of esters is 2. The van der Waals surface area contributed by atoms with Gasteiger partial charge in [-0.3, -0.25) is 18.6 Å². The molecule has 1 fully saturated rings. The molecule has 1 saturated carbocycles. The molecule has 0 aliphatic heterocycles. The number of aliphatic hydroxyl groups excluding tert-OH is 7. The number of ether oxygens (including phenoxy) is 2. The monoisotopic (exact) mass is 937 g/mol. The van der Waals surface area contributed by atoms with Crippen LogP contribution in [-0.4, -0.2) is 121 Å². The van der Waals surface area contributed by atoms with Crippen molar-refractivity contribution in [3.63, 3.8) is 0 Å². The summed E-state index contributed by atoms with van der Waals surface area (Å²) < 4.78 is 33.3. The molecule has 0 aromatic heterocycles. The van der Waals surface area contributed by atoms with Crippen LogP contribution in [0.2, 0.25) is 0 Å². The predicted molar refractivity (Wildman–Crippen MR) is 251 cm³/mol. The van der Waals surface area contributed by atoms with Gasteiger partial charge in [0.25, 0.3) is 0 Å². The SMILES string of the molecule is CC/C=C\C/C=C\C/C=C\CCCCCCCC(=O)OC[C@H](COP(=O)(O)OC1[C@H](O)[C@H](O)C(O)[C@H](O)[C@H]1O)OC(=O)CC/C=C\C/C=C\C[C@@H](O)/C=C/C=C\C=C\[C@@H](O)C/C=C\CC. The fourth-order valence-electron chi connectivity index (χ4n) is 6.09. The lowest BCUT2D eigenvalue weighted by atomic mass is 9.85. The minimum atomic E-state index is -5.18. The number of phosphoric ester groups is 1. The maximum absolute atomic E-state index is 12.8. The van der Waals surface area contributed by atoms with Crippen molar-refractivity contribution >= 4 is 19.8 Å². The van der Waals surface area contributed by atoms with Crippen LogP contribution in [-0.2, 0) is 32.7 Å². The van der Waals surface area contributed by atoms with E-state index in [2.05, 4.69) is 43.4 Å². The van der Waals surface area contributed by atoms with E-state index in [1.54, 1.807) is 42.5 Å². The van der Waals surface area contributed by atoms with Crippen molar-refractivity contribution in [2.75, 3.05) is 13.2 Å². The zero-order chi connectivity index (χ0) is 48.1. The summed E-state index contributed by atoms with van der Waals surface area (Å²) in [6.45, 7) is 2.81. The number of phosphoric acid groups is 1. The van der Waals surface area contributed by atoms with Crippen LogP contribution < -0.4 is 0 Å². The van der Waals surface area contributed by atoms with Gasteiger partial charge >= 0.3 is 19.8 Å². The van der Waals surface area contributed by atoms with Gasteiger partial charge in [0.15, 0.2) is 6.10 Å². The molecule has 0 saturated heterocycles. The normalized spacial score (nSPS) is 23.4. The second kappa shape index (κ2) is 37.5. The first kappa shape index (κ1) is 59.4. The largest absolute Gasteiger partial charge is 0.472 e. The average molecular weight is 937 g/mol. The summed E-state index contributed by atoms with van der Waals surface area (Å²) in [7, 11) is -5.18. The molecular formula is C49H77O15P. The smallest absolute Gasteiger partial charge is 0.462 e. The molecule has 1 aliphatic carbocycles. The fourth-order valence-corrected chi connectivity index (χ4v) is 7.06. The van der Waals surface area contributed by atoms with Gasteiger partial charge in [-0.15, -0.1) is 0 Å². The summed E-state index contributed by atoms with van der Waals surface area (Å²) in [4.78, 5) is 35.7. The molecule has 0 radical (unpaired) electrons. The van der Waals surface area contributed by atoms with Crippen molar-refractivity contribution in [1.82, 2.24) is 0 Å². The second-order valence-corrected chi connectivity index (χ2v) is 16.9. The van der Waals surface area contributed by atoms with Crippen molar-refractivity contribution in [1.29, 1.82) is 0 Å². The first-order chi connectivity index (χ1) is 31.2. The summed E-state index contributed by atoms with van der Waals surface area (Å²) in [5, 5.41) is 70.1. The van der Waals surface area contributed by atoms with E-state index in [-0.39, 0.29) is 19.3 Å². The van der Waals surface area contributed by atoms with Gasteiger partial charge in [-0.25, -0.2) is 4.57 Å². The highest BCUT2D eigenvalue weighted by Crippen LogP contribution is 2.47. The van der Waals surface area contributed by atoms with E-state index in [0.717, 1.165) is 57.8 Å². The van der Waals surface area contributed by atoms with E-state index in [9.17, 15) is 54.8 Å².